The minimum Gasteiger partial charge on any atom is -0.399 e. The molecule has 0 amide bonds. The number of rotatable bonds is 2. The number of amidine groups is 1. The Kier molecular flexibility index (Phi) is 3.72. The van der Waals surface area contributed by atoms with Gasteiger partial charge in [0.05, 0.1) is 12.7 Å². The Morgan fingerprint density at radius 3 is 2.75 bits per heavy atom. The SMILES string of the molecule is CC1(C#N)C[C@@H]2[C@@H](C(F)F)OC[C@]2(c2cc(N)ccc2F)N=C1N. The number of nitrogens with zero attached hydrogens (tertiary/aromatic N) is 2. The molecule has 0 aliphatic carbocycles. The number of anilines is 1. The molecule has 1 fully saturated rings. The third-order valence-corrected chi connectivity index (χ3v) is 4.97. The van der Waals surface area contributed by atoms with E-state index in [1.807, 2.05) is 6.07 Å². The smallest absolute Gasteiger partial charge is 0.264 e. The molecule has 2 aliphatic heterocycles. The maximum absolute atomic E-state index is 14.4. The highest BCUT2D eigenvalue weighted by Crippen LogP contribution is 2.53. The van der Waals surface area contributed by atoms with Crippen LogP contribution in [0.15, 0.2) is 23.2 Å². The average molecular weight is 338 g/mol. The van der Waals surface area contributed by atoms with Crippen molar-refractivity contribution in [3.8, 4) is 6.07 Å². The summed E-state index contributed by atoms with van der Waals surface area (Å²) in [4.78, 5) is 4.32. The van der Waals surface area contributed by atoms with Gasteiger partial charge in [-0.15, -0.1) is 0 Å². The normalized spacial score (nSPS) is 35.4. The van der Waals surface area contributed by atoms with Crippen LogP contribution in [-0.2, 0) is 10.3 Å². The van der Waals surface area contributed by atoms with E-state index in [-0.39, 0.29) is 30.1 Å². The zero-order chi connectivity index (χ0) is 17.7. The molecule has 1 unspecified atom stereocenters. The van der Waals surface area contributed by atoms with Gasteiger partial charge in [-0.25, -0.2) is 13.2 Å². The van der Waals surface area contributed by atoms with E-state index in [9.17, 15) is 18.4 Å². The van der Waals surface area contributed by atoms with Crippen molar-refractivity contribution in [2.75, 3.05) is 12.3 Å². The molecule has 0 aromatic heterocycles. The highest BCUT2D eigenvalue weighted by atomic mass is 19.3. The van der Waals surface area contributed by atoms with Crippen LogP contribution in [0.2, 0.25) is 0 Å². The number of hydrogen-bond acceptors (Lipinski definition) is 5. The van der Waals surface area contributed by atoms with Gasteiger partial charge in [0.15, 0.2) is 0 Å². The molecule has 1 aromatic rings. The van der Waals surface area contributed by atoms with Crippen LogP contribution < -0.4 is 11.5 Å². The Bertz CT molecular complexity index is 747. The lowest BCUT2D eigenvalue weighted by Gasteiger charge is -2.41. The Morgan fingerprint density at radius 2 is 2.12 bits per heavy atom. The molecular weight excluding hydrogens is 321 g/mol. The number of ether oxygens (including phenoxy) is 1. The highest BCUT2D eigenvalue weighted by molar-refractivity contribution is 5.90. The molecule has 1 aromatic carbocycles. The maximum Gasteiger partial charge on any atom is 0.264 e. The molecule has 8 heteroatoms. The third-order valence-electron chi connectivity index (χ3n) is 4.97. The second kappa shape index (κ2) is 5.38. The molecule has 0 bridgehead atoms. The van der Waals surface area contributed by atoms with Crippen LogP contribution in [0, 0.1) is 28.5 Å². The van der Waals surface area contributed by atoms with Gasteiger partial charge in [-0.05, 0) is 31.5 Å². The van der Waals surface area contributed by atoms with Gasteiger partial charge in [-0.2, -0.15) is 5.26 Å². The second-order valence-corrected chi connectivity index (χ2v) is 6.53. The number of aliphatic imine (C=N–C) groups is 1. The molecule has 1 saturated heterocycles. The molecule has 0 radical (unpaired) electrons. The first kappa shape index (κ1) is 16.6. The number of hydrogen-bond donors (Lipinski definition) is 2. The summed E-state index contributed by atoms with van der Waals surface area (Å²) >= 11 is 0. The van der Waals surface area contributed by atoms with Crippen LogP contribution in [0.5, 0.6) is 0 Å². The van der Waals surface area contributed by atoms with E-state index >= 15 is 0 Å². The third kappa shape index (κ3) is 2.23. The van der Waals surface area contributed by atoms with Crippen molar-refractivity contribution in [3.05, 3.63) is 29.6 Å². The van der Waals surface area contributed by atoms with Crippen LogP contribution in [0.25, 0.3) is 0 Å². The number of nitriles is 1. The van der Waals surface area contributed by atoms with Gasteiger partial charge in [-0.1, -0.05) is 0 Å². The van der Waals surface area contributed by atoms with Crippen molar-refractivity contribution in [2.24, 2.45) is 22.1 Å². The predicted octanol–water partition coefficient (Wildman–Crippen LogP) is 2.17. The predicted molar refractivity (Wildman–Crippen MR) is 81.7 cm³/mol. The molecule has 0 saturated carbocycles. The first-order valence-electron chi connectivity index (χ1n) is 7.46. The van der Waals surface area contributed by atoms with Crippen molar-refractivity contribution in [3.63, 3.8) is 0 Å². The van der Waals surface area contributed by atoms with Crippen LogP contribution in [0.3, 0.4) is 0 Å². The summed E-state index contributed by atoms with van der Waals surface area (Å²) in [6.07, 6.45) is -4.23. The minimum atomic E-state index is -2.78. The van der Waals surface area contributed by atoms with Gasteiger partial charge in [0.1, 0.15) is 28.7 Å². The summed E-state index contributed by atoms with van der Waals surface area (Å²) in [6.45, 7) is 1.29. The number of halogens is 3. The molecule has 3 rings (SSSR count). The van der Waals surface area contributed by atoms with Crippen molar-refractivity contribution < 1.29 is 17.9 Å². The second-order valence-electron chi connectivity index (χ2n) is 6.53. The van der Waals surface area contributed by atoms with Gasteiger partial charge in [-0.3, -0.25) is 4.99 Å². The van der Waals surface area contributed by atoms with E-state index in [4.69, 9.17) is 16.2 Å². The number of alkyl halides is 2. The summed E-state index contributed by atoms with van der Waals surface area (Å²) in [7, 11) is 0. The van der Waals surface area contributed by atoms with E-state index < -0.39 is 35.2 Å². The first-order valence-corrected chi connectivity index (χ1v) is 7.46. The van der Waals surface area contributed by atoms with E-state index in [2.05, 4.69) is 4.99 Å². The monoisotopic (exact) mass is 338 g/mol. The zero-order valence-electron chi connectivity index (χ0n) is 13.0. The highest BCUT2D eigenvalue weighted by Gasteiger charge is 2.60. The maximum atomic E-state index is 14.4. The Hall–Kier alpha value is -2.27. The fraction of sp³-hybridized carbons (Fsp3) is 0.500. The zero-order valence-corrected chi connectivity index (χ0v) is 13.0. The van der Waals surface area contributed by atoms with Crippen molar-refractivity contribution in [1.82, 2.24) is 0 Å². The lowest BCUT2D eigenvalue weighted by atomic mass is 9.66. The Balaban J connectivity index is 2.23. The fourth-order valence-electron chi connectivity index (χ4n) is 3.56. The van der Waals surface area contributed by atoms with Crippen LogP contribution in [0.1, 0.15) is 18.9 Å². The van der Waals surface area contributed by atoms with E-state index in [1.54, 1.807) is 0 Å². The molecule has 4 N–H and O–H groups in total. The number of benzene rings is 1. The number of nitrogens with two attached hydrogens (primary N) is 2. The molecule has 24 heavy (non-hydrogen) atoms. The van der Waals surface area contributed by atoms with Crippen LogP contribution >= 0.6 is 0 Å². The summed E-state index contributed by atoms with van der Waals surface area (Å²) in [6, 6.07) is 5.93. The van der Waals surface area contributed by atoms with Gasteiger partial charge in [0.2, 0.25) is 0 Å². The molecule has 4 atom stereocenters. The van der Waals surface area contributed by atoms with Gasteiger partial charge in [0.25, 0.3) is 6.43 Å². The molecule has 5 nitrogen and oxygen atoms in total. The minimum absolute atomic E-state index is 0.00206. The van der Waals surface area contributed by atoms with E-state index in [0.717, 1.165) is 6.07 Å². The quantitative estimate of drug-likeness (QED) is 0.808. The first-order chi connectivity index (χ1) is 11.2. The summed E-state index contributed by atoms with van der Waals surface area (Å²) in [5.74, 6) is -1.52. The van der Waals surface area contributed by atoms with Crippen LogP contribution in [-0.4, -0.2) is 25.0 Å². The fourth-order valence-corrected chi connectivity index (χ4v) is 3.56. The molecule has 0 spiro atoms. The summed E-state index contributed by atoms with van der Waals surface area (Å²) in [5.41, 5.74) is 9.42. The van der Waals surface area contributed by atoms with Gasteiger partial charge < -0.3 is 16.2 Å². The Morgan fingerprint density at radius 1 is 1.42 bits per heavy atom. The van der Waals surface area contributed by atoms with Gasteiger partial charge in [0, 0.05) is 17.2 Å². The summed E-state index contributed by atoms with van der Waals surface area (Å²) < 4.78 is 46.6. The number of fused-ring (bicyclic) bond motifs is 1. The van der Waals surface area contributed by atoms with Crippen molar-refractivity contribution in [2.45, 2.75) is 31.4 Å². The lowest BCUT2D eigenvalue weighted by Crippen LogP contribution is -2.50. The summed E-state index contributed by atoms with van der Waals surface area (Å²) in [5, 5.41) is 9.39. The van der Waals surface area contributed by atoms with Crippen molar-refractivity contribution >= 4 is 11.5 Å². The topological polar surface area (TPSA) is 97.4 Å². The average Bonchev–Trinajstić information content (AvgIpc) is 2.89. The standard InChI is InChI=1S/C16H17F3N4O/c1-15(6-20)5-10-12(13(18)19)24-7-16(10,23-14(15)22)9-4-8(21)2-3-11(9)17/h2-4,10,12-13H,5,7,21H2,1H3,(H2,22,23)/t10-,12+,15?,16-/m1/s1. The Labute approximate surface area is 137 Å². The van der Waals surface area contributed by atoms with E-state index in [0.29, 0.717) is 0 Å². The largest absolute Gasteiger partial charge is 0.399 e. The van der Waals surface area contributed by atoms with Gasteiger partial charge >= 0.3 is 0 Å². The molecular formula is C16H17F3N4O. The van der Waals surface area contributed by atoms with E-state index in [1.165, 1.54) is 19.1 Å². The van der Waals surface area contributed by atoms with Crippen molar-refractivity contribution in [1.29, 1.82) is 5.26 Å². The number of nitrogen functional groups attached to an aromatic ring is 1. The molecule has 2 aliphatic rings. The molecule has 2 heterocycles. The lowest BCUT2D eigenvalue weighted by molar-refractivity contribution is -0.0430. The van der Waals surface area contributed by atoms with Crippen LogP contribution in [0.4, 0.5) is 18.9 Å². The molecule has 128 valence electrons.